The number of ketones is 1. The Morgan fingerprint density at radius 1 is 1.00 bits per heavy atom. The van der Waals surface area contributed by atoms with Crippen LogP contribution in [0.2, 0.25) is 5.02 Å². The van der Waals surface area contributed by atoms with Gasteiger partial charge in [-0.15, -0.1) is 0 Å². The summed E-state index contributed by atoms with van der Waals surface area (Å²) in [5, 5.41) is 0.653. The fourth-order valence-corrected chi connectivity index (χ4v) is 3.08. The van der Waals surface area contributed by atoms with Gasteiger partial charge in [-0.25, -0.2) is 0 Å². The molecular weight excluding hydrogens is 376 g/mol. The van der Waals surface area contributed by atoms with Gasteiger partial charge in [0.15, 0.2) is 5.76 Å². The number of rotatable bonds is 5. The fraction of sp³-hybridized carbons (Fsp3) is 0.0870. The van der Waals surface area contributed by atoms with Crippen molar-refractivity contribution < 1.29 is 19.0 Å². The molecule has 0 radical (unpaired) electrons. The fourth-order valence-electron chi connectivity index (χ4n) is 2.89. The van der Waals surface area contributed by atoms with Crippen LogP contribution < -0.4 is 14.2 Å². The van der Waals surface area contributed by atoms with Gasteiger partial charge in [0.1, 0.15) is 23.9 Å². The highest BCUT2D eigenvalue weighted by atomic mass is 35.5. The number of carbonyl (C=O) groups excluding carboxylic acids is 1. The lowest BCUT2D eigenvalue weighted by molar-refractivity contribution is 0.101. The lowest BCUT2D eigenvalue weighted by Gasteiger charge is -2.08. The second kappa shape index (κ2) is 7.79. The molecule has 0 bridgehead atoms. The van der Waals surface area contributed by atoms with Gasteiger partial charge in [-0.2, -0.15) is 0 Å². The smallest absolute Gasteiger partial charge is 0.231 e. The number of halogens is 1. The third-order valence-electron chi connectivity index (χ3n) is 4.41. The Labute approximate surface area is 167 Å². The van der Waals surface area contributed by atoms with E-state index in [9.17, 15) is 4.79 Å². The maximum atomic E-state index is 12.6. The number of fused-ring (bicyclic) bond motifs is 1. The van der Waals surface area contributed by atoms with Crippen molar-refractivity contribution >= 4 is 23.5 Å². The number of ether oxygens (including phenoxy) is 3. The van der Waals surface area contributed by atoms with E-state index in [-0.39, 0.29) is 11.5 Å². The highest BCUT2D eigenvalue weighted by Crippen LogP contribution is 2.35. The van der Waals surface area contributed by atoms with E-state index in [1.807, 2.05) is 48.5 Å². The summed E-state index contributed by atoms with van der Waals surface area (Å²) in [6.45, 7) is 0.334. The molecule has 0 saturated carbocycles. The molecule has 4 nitrogen and oxygen atoms in total. The second-order valence-corrected chi connectivity index (χ2v) is 6.66. The molecule has 0 aromatic heterocycles. The normalized spacial score (nSPS) is 13.9. The first-order valence-electron chi connectivity index (χ1n) is 8.72. The van der Waals surface area contributed by atoms with Crippen LogP contribution in [-0.2, 0) is 6.61 Å². The van der Waals surface area contributed by atoms with Crippen molar-refractivity contribution in [1.29, 1.82) is 0 Å². The summed E-state index contributed by atoms with van der Waals surface area (Å²) in [6, 6.07) is 20.1. The van der Waals surface area contributed by atoms with Crippen LogP contribution in [0.5, 0.6) is 17.2 Å². The number of allylic oxidation sites excluding steroid dienone is 1. The molecule has 1 aliphatic heterocycles. The molecule has 0 fully saturated rings. The minimum absolute atomic E-state index is 0.150. The predicted octanol–water partition coefficient (Wildman–Crippen LogP) is 5.54. The summed E-state index contributed by atoms with van der Waals surface area (Å²) < 4.78 is 16.7. The van der Waals surface area contributed by atoms with Crippen molar-refractivity contribution in [2.24, 2.45) is 0 Å². The minimum Gasteiger partial charge on any atom is -0.497 e. The molecule has 28 heavy (non-hydrogen) atoms. The molecule has 4 rings (SSSR count). The van der Waals surface area contributed by atoms with E-state index < -0.39 is 0 Å². The molecule has 0 amide bonds. The van der Waals surface area contributed by atoms with Crippen LogP contribution in [0.15, 0.2) is 72.5 Å². The van der Waals surface area contributed by atoms with Crippen LogP contribution in [0.4, 0.5) is 0 Å². The molecule has 0 atom stereocenters. The van der Waals surface area contributed by atoms with Gasteiger partial charge in [0, 0.05) is 16.7 Å². The van der Waals surface area contributed by atoms with Crippen LogP contribution in [0.3, 0.4) is 0 Å². The first kappa shape index (κ1) is 18.1. The molecule has 0 aliphatic carbocycles. The van der Waals surface area contributed by atoms with Crippen LogP contribution in [0.25, 0.3) is 6.08 Å². The third kappa shape index (κ3) is 3.73. The molecule has 0 N–H and O–H groups in total. The standard InChI is InChI=1S/C23H17ClO4/c1-26-17-8-6-15(7-9-17)12-22-23(25)19-11-10-18(13-21(19)28-22)27-14-16-4-2-3-5-20(16)24/h2-13H,14H2,1H3/b22-12-. The maximum Gasteiger partial charge on any atom is 0.231 e. The lowest BCUT2D eigenvalue weighted by atomic mass is 10.1. The first-order chi connectivity index (χ1) is 13.6. The molecular formula is C23H17ClO4. The summed E-state index contributed by atoms with van der Waals surface area (Å²) >= 11 is 6.15. The number of carbonyl (C=O) groups is 1. The Kier molecular flexibility index (Phi) is 5.04. The zero-order chi connectivity index (χ0) is 19.5. The Morgan fingerprint density at radius 3 is 2.50 bits per heavy atom. The van der Waals surface area contributed by atoms with Gasteiger partial charge >= 0.3 is 0 Å². The quantitative estimate of drug-likeness (QED) is 0.534. The van der Waals surface area contributed by atoms with E-state index in [0.29, 0.717) is 28.7 Å². The van der Waals surface area contributed by atoms with Crippen LogP contribution in [0.1, 0.15) is 21.5 Å². The van der Waals surface area contributed by atoms with Crippen LogP contribution in [0, 0.1) is 0 Å². The molecule has 3 aromatic carbocycles. The predicted molar refractivity (Wildman–Crippen MR) is 108 cm³/mol. The third-order valence-corrected chi connectivity index (χ3v) is 4.78. The number of hydrogen-bond donors (Lipinski definition) is 0. The largest absolute Gasteiger partial charge is 0.497 e. The number of benzene rings is 3. The minimum atomic E-state index is -0.150. The van der Waals surface area contributed by atoms with E-state index >= 15 is 0 Å². The van der Waals surface area contributed by atoms with Crippen molar-refractivity contribution in [1.82, 2.24) is 0 Å². The van der Waals surface area contributed by atoms with Gasteiger partial charge < -0.3 is 14.2 Å². The van der Waals surface area contributed by atoms with E-state index in [1.165, 1.54) is 0 Å². The summed E-state index contributed by atoms with van der Waals surface area (Å²) in [4.78, 5) is 12.6. The monoisotopic (exact) mass is 392 g/mol. The second-order valence-electron chi connectivity index (χ2n) is 6.25. The Bertz CT molecular complexity index is 1050. The van der Waals surface area contributed by atoms with Crippen molar-refractivity contribution in [3.05, 3.63) is 94.2 Å². The van der Waals surface area contributed by atoms with Gasteiger partial charge in [0.2, 0.25) is 5.78 Å². The highest BCUT2D eigenvalue weighted by Gasteiger charge is 2.27. The van der Waals surface area contributed by atoms with Gasteiger partial charge in [0.05, 0.1) is 12.7 Å². The summed E-state index contributed by atoms with van der Waals surface area (Å²) in [5.41, 5.74) is 2.26. The Hall–Kier alpha value is -3.24. The van der Waals surface area contributed by atoms with Crippen molar-refractivity contribution in [2.45, 2.75) is 6.61 Å². The average molecular weight is 393 g/mol. The molecule has 3 aromatic rings. The lowest BCUT2D eigenvalue weighted by Crippen LogP contribution is -1.98. The van der Waals surface area contributed by atoms with Crippen LogP contribution in [-0.4, -0.2) is 12.9 Å². The van der Waals surface area contributed by atoms with Gasteiger partial charge in [-0.3, -0.25) is 4.79 Å². The summed E-state index contributed by atoms with van der Waals surface area (Å²) in [7, 11) is 1.61. The van der Waals surface area contributed by atoms with Gasteiger partial charge in [-0.1, -0.05) is 41.9 Å². The van der Waals surface area contributed by atoms with E-state index in [1.54, 1.807) is 31.4 Å². The van der Waals surface area contributed by atoms with Crippen molar-refractivity contribution in [2.75, 3.05) is 7.11 Å². The molecule has 0 saturated heterocycles. The van der Waals surface area contributed by atoms with Crippen molar-refractivity contribution in [3.63, 3.8) is 0 Å². The Balaban J connectivity index is 1.50. The van der Waals surface area contributed by atoms with E-state index in [2.05, 4.69) is 0 Å². The van der Waals surface area contributed by atoms with Crippen molar-refractivity contribution in [3.8, 4) is 17.2 Å². The van der Waals surface area contributed by atoms with E-state index in [0.717, 1.165) is 16.9 Å². The number of Topliss-reactive ketones (excluding diaryl/α,β-unsaturated/α-hetero) is 1. The first-order valence-corrected chi connectivity index (χ1v) is 9.10. The van der Waals surface area contributed by atoms with E-state index in [4.69, 9.17) is 25.8 Å². The SMILES string of the molecule is COc1ccc(/C=C2\Oc3cc(OCc4ccccc4Cl)ccc3C2=O)cc1. The summed E-state index contributed by atoms with van der Waals surface area (Å²) in [5.74, 6) is 1.98. The molecule has 5 heteroatoms. The molecule has 1 heterocycles. The molecule has 1 aliphatic rings. The Morgan fingerprint density at radius 2 is 1.75 bits per heavy atom. The topological polar surface area (TPSA) is 44.8 Å². The zero-order valence-electron chi connectivity index (χ0n) is 15.1. The summed E-state index contributed by atoms with van der Waals surface area (Å²) in [6.07, 6.45) is 1.71. The average Bonchev–Trinajstić information content (AvgIpc) is 3.03. The number of hydrogen-bond acceptors (Lipinski definition) is 4. The maximum absolute atomic E-state index is 12.6. The highest BCUT2D eigenvalue weighted by molar-refractivity contribution is 6.31. The van der Waals surface area contributed by atoms with Gasteiger partial charge in [0.25, 0.3) is 0 Å². The number of methoxy groups -OCH3 is 1. The molecule has 140 valence electrons. The van der Waals surface area contributed by atoms with Crippen LogP contribution >= 0.6 is 11.6 Å². The molecule has 0 unspecified atom stereocenters. The molecule has 0 spiro atoms. The zero-order valence-corrected chi connectivity index (χ0v) is 15.9. The van der Waals surface area contributed by atoms with Gasteiger partial charge in [-0.05, 0) is 42.0 Å².